The largest absolute Gasteiger partial charge is 0.337 e. The van der Waals surface area contributed by atoms with Gasteiger partial charge in [0.1, 0.15) is 6.04 Å². The van der Waals surface area contributed by atoms with Gasteiger partial charge in [-0.1, -0.05) is 47.6 Å². The van der Waals surface area contributed by atoms with E-state index in [1.54, 1.807) is 0 Å². The van der Waals surface area contributed by atoms with Gasteiger partial charge >= 0.3 is 0 Å². The fourth-order valence-electron chi connectivity index (χ4n) is 4.80. The number of carbonyl (C=O) groups is 1. The summed E-state index contributed by atoms with van der Waals surface area (Å²) in [6.45, 7) is 0.796. The van der Waals surface area contributed by atoms with Crippen LogP contribution < -0.4 is 0 Å². The lowest BCUT2D eigenvalue weighted by molar-refractivity contribution is -0.141. The highest BCUT2D eigenvalue weighted by molar-refractivity contribution is 5.80. The van der Waals surface area contributed by atoms with Crippen LogP contribution >= 0.6 is 0 Å². The topological polar surface area (TPSA) is 59.2 Å². The molecule has 0 unspecified atom stereocenters. The maximum absolute atomic E-state index is 13.3. The van der Waals surface area contributed by atoms with Gasteiger partial charge in [-0.2, -0.15) is 4.98 Å². The van der Waals surface area contributed by atoms with Crippen LogP contribution in [0.15, 0.2) is 47.0 Å². The van der Waals surface area contributed by atoms with E-state index < -0.39 is 0 Å². The Labute approximate surface area is 153 Å². The summed E-state index contributed by atoms with van der Waals surface area (Å²) >= 11 is 0. The van der Waals surface area contributed by atoms with E-state index in [0.717, 1.165) is 44.2 Å². The summed E-state index contributed by atoms with van der Waals surface area (Å²) in [5.74, 6) is 2.63. The van der Waals surface area contributed by atoms with Gasteiger partial charge in [0.2, 0.25) is 17.6 Å². The van der Waals surface area contributed by atoms with Crippen LogP contribution in [-0.2, 0) is 4.79 Å². The Morgan fingerprint density at radius 3 is 2.77 bits per heavy atom. The van der Waals surface area contributed by atoms with E-state index in [9.17, 15) is 4.79 Å². The molecule has 1 aromatic carbocycles. The third kappa shape index (κ3) is 2.66. The van der Waals surface area contributed by atoms with Crippen LogP contribution in [0.4, 0.5) is 0 Å². The van der Waals surface area contributed by atoms with Gasteiger partial charge in [0.05, 0.1) is 0 Å². The van der Waals surface area contributed by atoms with Gasteiger partial charge in [0.25, 0.3) is 0 Å². The van der Waals surface area contributed by atoms with Gasteiger partial charge < -0.3 is 9.42 Å². The molecule has 2 aromatic rings. The summed E-state index contributed by atoms with van der Waals surface area (Å²) in [5, 5.41) is 4.16. The van der Waals surface area contributed by atoms with E-state index in [1.807, 2.05) is 35.2 Å². The van der Waals surface area contributed by atoms with Crippen molar-refractivity contribution in [1.29, 1.82) is 0 Å². The van der Waals surface area contributed by atoms with E-state index in [2.05, 4.69) is 22.3 Å². The number of aromatic nitrogens is 2. The summed E-state index contributed by atoms with van der Waals surface area (Å²) in [6, 6.07) is 9.76. The summed E-state index contributed by atoms with van der Waals surface area (Å²) in [4.78, 5) is 19.9. The van der Waals surface area contributed by atoms with Crippen molar-refractivity contribution in [2.45, 2.75) is 38.1 Å². The summed E-state index contributed by atoms with van der Waals surface area (Å²) in [6.07, 6.45) is 9.73. The molecule has 2 heterocycles. The number of nitrogens with zero attached hydrogens (tertiary/aromatic N) is 3. The predicted octanol–water partition coefficient (Wildman–Crippen LogP) is 4.00. The number of rotatable bonds is 3. The number of carbonyl (C=O) groups excluding carboxylic acids is 1. The summed E-state index contributed by atoms with van der Waals surface area (Å²) < 4.78 is 5.59. The predicted molar refractivity (Wildman–Crippen MR) is 96.9 cm³/mol. The van der Waals surface area contributed by atoms with Gasteiger partial charge in [-0.15, -0.1) is 0 Å². The van der Waals surface area contributed by atoms with Gasteiger partial charge in [0.15, 0.2) is 0 Å². The van der Waals surface area contributed by atoms with E-state index >= 15 is 0 Å². The highest BCUT2D eigenvalue weighted by Crippen LogP contribution is 2.45. The molecule has 5 heteroatoms. The summed E-state index contributed by atoms with van der Waals surface area (Å²) in [5.41, 5.74) is 0.939. The normalized spacial score (nSPS) is 30.1. The van der Waals surface area contributed by atoms with Crippen LogP contribution in [0.3, 0.4) is 0 Å². The number of likely N-dealkylation sites (tertiary alicyclic amines) is 1. The molecule has 2 aliphatic carbocycles. The van der Waals surface area contributed by atoms with Crippen LogP contribution in [0.25, 0.3) is 11.4 Å². The van der Waals surface area contributed by atoms with E-state index in [-0.39, 0.29) is 17.9 Å². The average molecular weight is 349 g/mol. The third-order valence-electron chi connectivity index (χ3n) is 6.14. The minimum atomic E-state index is -0.0793. The van der Waals surface area contributed by atoms with Crippen molar-refractivity contribution in [3.8, 4) is 11.4 Å². The maximum Gasteiger partial charge on any atom is 0.249 e. The molecule has 26 heavy (non-hydrogen) atoms. The molecule has 1 aromatic heterocycles. The third-order valence-corrected chi connectivity index (χ3v) is 6.14. The zero-order valence-corrected chi connectivity index (χ0v) is 14.8. The number of benzene rings is 1. The molecule has 4 atom stereocenters. The van der Waals surface area contributed by atoms with Crippen LogP contribution in [0.1, 0.15) is 44.0 Å². The van der Waals surface area contributed by atoms with Crippen LogP contribution in [0.2, 0.25) is 0 Å². The van der Waals surface area contributed by atoms with E-state index in [1.165, 1.54) is 0 Å². The Hall–Kier alpha value is -2.43. The molecular formula is C21H23N3O2. The molecule has 1 amide bonds. The van der Waals surface area contributed by atoms with Crippen molar-refractivity contribution in [2.75, 3.05) is 6.54 Å². The first-order valence-corrected chi connectivity index (χ1v) is 9.67. The highest BCUT2D eigenvalue weighted by Gasteiger charge is 2.44. The smallest absolute Gasteiger partial charge is 0.249 e. The quantitative estimate of drug-likeness (QED) is 0.786. The van der Waals surface area contributed by atoms with Gasteiger partial charge in [-0.05, 0) is 43.9 Å². The maximum atomic E-state index is 13.3. The molecule has 0 radical (unpaired) electrons. The van der Waals surface area contributed by atoms with Crippen LogP contribution in [0, 0.1) is 17.8 Å². The second kappa shape index (κ2) is 6.38. The minimum absolute atomic E-state index is 0.0793. The van der Waals surface area contributed by atoms with E-state index in [0.29, 0.717) is 23.6 Å². The van der Waals surface area contributed by atoms with Gasteiger partial charge in [-0.25, -0.2) is 0 Å². The van der Waals surface area contributed by atoms with Crippen molar-refractivity contribution < 1.29 is 9.32 Å². The number of hydrogen-bond acceptors (Lipinski definition) is 4. The molecule has 5 nitrogen and oxygen atoms in total. The number of hydrogen-bond donors (Lipinski definition) is 0. The molecule has 134 valence electrons. The first-order chi connectivity index (χ1) is 12.8. The fourth-order valence-corrected chi connectivity index (χ4v) is 4.80. The molecule has 5 rings (SSSR count). The lowest BCUT2D eigenvalue weighted by Gasteiger charge is -2.36. The Bertz CT molecular complexity index is 829. The second-order valence-corrected chi connectivity index (χ2v) is 7.75. The number of piperidine rings is 1. The van der Waals surface area contributed by atoms with Crippen molar-refractivity contribution in [2.24, 2.45) is 17.8 Å². The number of allylic oxidation sites excluding steroid dienone is 2. The standard InChI is InChI=1S/C21H23N3O2/c25-21(17-13-14-9-10-16(17)12-14)24-11-5-4-8-18(24)20-22-19(23-26-20)15-6-2-1-3-7-15/h1-3,6-7,9-10,14,16-18H,4-5,8,11-13H2/t14-,16+,17+,18+/m0/s1. The van der Waals surface area contributed by atoms with Crippen LogP contribution in [0.5, 0.6) is 0 Å². The van der Waals surface area contributed by atoms with Gasteiger partial charge in [-0.3, -0.25) is 4.79 Å². The number of fused-ring (bicyclic) bond motifs is 2. The van der Waals surface area contributed by atoms with E-state index in [4.69, 9.17) is 4.52 Å². The summed E-state index contributed by atoms with van der Waals surface area (Å²) in [7, 11) is 0. The van der Waals surface area contributed by atoms with Gasteiger partial charge in [0, 0.05) is 18.0 Å². The Balaban J connectivity index is 1.39. The molecule has 1 saturated carbocycles. The Morgan fingerprint density at radius 1 is 1.12 bits per heavy atom. The van der Waals surface area contributed by atoms with Crippen molar-refractivity contribution in [1.82, 2.24) is 15.0 Å². The monoisotopic (exact) mass is 349 g/mol. The second-order valence-electron chi connectivity index (χ2n) is 7.75. The fraction of sp³-hybridized carbons (Fsp3) is 0.476. The molecule has 0 N–H and O–H groups in total. The lowest BCUT2D eigenvalue weighted by Crippen LogP contribution is -2.43. The minimum Gasteiger partial charge on any atom is -0.337 e. The zero-order valence-electron chi connectivity index (χ0n) is 14.8. The average Bonchev–Trinajstić information content (AvgIpc) is 3.45. The van der Waals surface area contributed by atoms with Crippen molar-refractivity contribution in [3.05, 3.63) is 48.4 Å². The molecular weight excluding hydrogens is 326 g/mol. The molecule has 2 bridgehead atoms. The van der Waals surface area contributed by atoms with Crippen molar-refractivity contribution >= 4 is 5.91 Å². The molecule has 3 aliphatic rings. The first-order valence-electron chi connectivity index (χ1n) is 9.67. The molecule has 1 aliphatic heterocycles. The SMILES string of the molecule is O=C([C@@H]1C[C@H]2C=C[C@@H]1C2)N1CCCC[C@@H]1c1nc(-c2ccccc2)no1. The Kier molecular flexibility index (Phi) is 3.88. The molecule has 1 saturated heterocycles. The zero-order chi connectivity index (χ0) is 17.5. The number of amides is 1. The van der Waals surface area contributed by atoms with Crippen LogP contribution in [-0.4, -0.2) is 27.5 Å². The van der Waals surface area contributed by atoms with Crippen molar-refractivity contribution in [3.63, 3.8) is 0 Å². The molecule has 0 spiro atoms. The lowest BCUT2D eigenvalue weighted by atomic mass is 9.90. The first kappa shape index (κ1) is 15.8. The Morgan fingerprint density at radius 2 is 2.00 bits per heavy atom. The highest BCUT2D eigenvalue weighted by atomic mass is 16.5. The molecule has 2 fully saturated rings.